The van der Waals surface area contributed by atoms with Gasteiger partial charge in [-0.1, -0.05) is 23.2 Å². The van der Waals surface area contributed by atoms with E-state index in [-0.39, 0.29) is 16.3 Å². The average Bonchev–Trinajstić information content (AvgIpc) is 2.26. The highest BCUT2D eigenvalue weighted by molar-refractivity contribution is 6.40. The molecular weight excluding hydrogens is 310 g/mol. The number of nitrogen functional groups attached to an aromatic ring is 1. The molecule has 0 atom stereocenters. The van der Waals surface area contributed by atoms with E-state index in [0.29, 0.717) is 0 Å². The molecule has 4 nitrogen and oxygen atoms in total. The molecule has 0 fully saturated rings. The smallest absolute Gasteiger partial charge is 0.422 e. The molecule has 0 aromatic heterocycles. The SMILES string of the molecule is COC(=O)c1c(N)cc(Cl)c(OCC(F)(F)F)c1Cl. The van der Waals surface area contributed by atoms with Gasteiger partial charge in [-0.15, -0.1) is 0 Å². The molecule has 0 radical (unpaired) electrons. The van der Waals surface area contributed by atoms with Gasteiger partial charge in [0.05, 0.1) is 12.1 Å². The summed E-state index contributed by atoms with van der Waals surface area (Å²) < 4.78 is 45.1. The number of halogens is 5. The second-order valence-electron chi connectivity index (χ2n) is 3.36. The van der Waals surface area contributed by atoms with Gasteiger partial charge in [0.25, 0.3) is 0 Å². The van der Waals surface area contributed by atoms with Crippen LogP contribution in [0.2, 0.25) is 10.0 Å². The number of hydrogen-bond donors (Lipinski definition) is 1. The van der Waals surface area contributed by atoms with Gasteiger partial charge >= 0.3 is 12.1 Å². The van der Waals surface area contributed by atoms with Crippen molar-refractivity contribution in [1.29, 1.82) is 0 Å². The summed E-state index contributed by atoms with van der Waals surface area (Å²) in [6, 6.07) is 1.06. The van der Waals surface area contributed by atoms with Crippen molar-refractivity contribution in [1.82, 2.24) is 0 Å². The molecule has 0 saturated heterocycles. The number of hydrogen-bond acceptors (Lipinski definition) is 4. The maximum Gasteiger partial charge on any atom is 0.422 e. The topological polar surface area (TPSA) is 61.5 Å². The van der Waals surface area contributed by atoms with E-state index >= 15 is 0 Å². The molecule has 1 aromatic carbocycles. The number of alkyl halides is 3. The fourth-order valence-corrected chi connectivity index (χ4v) is 1.87. The Bertz CT molecular complexity index is 506. The van der Waals surface area contributed by atoms with Crippen LogP contribution in [0.1, 0.15) is 10.4 Å². The fourth-order valence-electron chi connectivity index (χ4n) is 1.22. The Labute approximate surface area is 116 Å². The Morgan fingerprint density at radius 1 is 1.42 bits per heavy atom. The molecule has 0 saturated carbocycles. The molecule has 106 valence electrons. The van der Waals surface area contributed by atoms with Crippen molar-refractivity contribution >= 4 is 34.9 Å². The van der Waals surface area contributed by atoms with Crippen LogP contribution in [0.25, 0.3) is 0 Å². The molecule has 2 N–H and O–H groups in total. The highest BCUT2D eigenvalue weighted by Crippen LogP contribution is 2.40. The van der Waals surface area contributed by atoms with Gasteiger partial charge in [-0.05, 0) is 6.07 Å². The predicted octanol–water partition coefficient (Wildman–Crippen LogP) is 3.30. The van der Waals surface area contributed by atoms with Crippen molar-refractivity contribution in [3.05, 3.63) is 21.7 Å². The highest BCUT2D eigenvalue weighted by Gasteiger charge is 2.30. The Kier molecular flexibility index (Phi) is 4.75. The minimum atomic E-state index is -4.57. The Morgan fingerprint density at radius 2 is 2.00 bits per heavy atom. The van der Waals surface area contributed by atoms with Crippen LogP contribution in [0.3, 0.4) is 0 Å². The van der Waals surface area contributed by atoms with Crippen molar-refractivity contribution in [3.63, 3.8) is 0 Å². The minimum Gasteiger partial charge on any atom is -0.481 e. The summed E-state index contributed by atoms with van der Waals surface area (Å²) in [5.74, 6) is -1.38. The Balaban J connectivity index is 3.21. The minimum absolute atomic E-state index is 0.124. The number of benzene rings is 1. The van der Waals surface area contributed by atoms with Crippen LogP contribution in [0.4, 0.5) is 18.9 Å². The monoisotopic (exact) mass is 317 g/mol. The molecule has 0 bridgehead atoms. The first-order chi connectivity index (χ1) is 8.67. The third kappa shape index (κ3) is 3.81. The Morgan fingerprint density at radius 3 is 2.47 bits per heavy atom. The number of carbonyl (C=O) groups excluding carboxylic acids is 1. The van der Waals surface area contributed by atoms with E-state index in [2.05, 4.69) is 9.47 Å². The summed E-state index contributed by atoms with van der Waals surface area (Å²) in [7, 11) is 1.07. The van der Waals surface area contributed by atoms with Crippen molar-refractivity contribution in [2.24, 2.45) is 0 Å². The van der Waals surface area contributed by atoms with E-state index < -0.39 is 29.5 Å². The number of carbonyl (C=O) groups is 1. The van der Waals surface area contributed by atoms with Crippen LogP contribution in [0, 0.1) is 0 Å². The fraction of sp³-hybridized carbons (Fsp3) is 0.300. The third-order valence-electron chi connectivity index (χ3n) is 1.98. The molecular formula is C10H8Cl2F3NO3. The molecule has 0 aliphatic heterocycles. The van der Waals surface area contributed by atoms with E-state index in [4.69, 9.17) is 28.9 Å². The van der Waals surface area contributed by atoms with Gasteiger partial charge in [-0.25, -0.2) is 4.79 Å². The van der Waals surface area contributed by atoms with Crippen molar-refractivity contribution in [2.75, 3.05) is 19.5 Å². The van der Waals surface area contributed by atoms with Gasteiger partial charge in [-0.3, -0.25) is 0 Å². The second kappa shape index (κ2) is 5.75. The molecule has 0 aliphatic rings. The first-order valence-electron chi connectivity index (χ1n) is 4.72. The third-order valence-corrected chi connectivity index (χ3v) is 2.62. The molecule has 9 heteroatoms. The van der Waals surface area contributed by atoms with Crippen LogP contribution in [-0.2, 0) is 4.74 Å². The molecule has 1 aromatic rings. The van der Waals surface area contributed by atoms with E-state index in [1.807, 2.05) is 0 Å². The van der Waals surface area contributed by atoms with Crippen molar-refractivity contribution in [2.45, 2.75) is 6.18 Å². The van der Waals surface area contributed by atoms with Crippen molar-refractivity contribution < 1.29 is 27.4 Å². The Hall–Kier alpha value is -1.34. The largest absolute Gasteiger partial charge is 0.481 e. The number of rotatable bonds is 3. The number of methoxy groups -OCH3 is 1. The molecule has 0 heterocycles. The normalized spacial score (nSPS) is 11.3. The maximum atomic E-state index is 12.1. The van der Waals surface area contributed by atoms with Crippen LogP contribution in [0.5, 0.6) is 5.75 Å². The van der Waals surface area contributed by atoms with E-state index in [1.54, 1.807) is 0 Å². The molecule has 0 spiro atoms. The summed E-state index contributed by atoms with van der Waals surface area (Å²) in [5.41, 5.74) is 5.08. The van der Waals surface area contributed by atoms with E-state index in [0.717, 1.165) is 13.2 Å². The molecule has 0 amide bonds. The quantitative estimate of drug-likeness (QED) is 0.686. The van der Waals surface area contributed by atoms with Gasteiger partial charge < -0.3 is 15.2 Å². The van der Waals surface area contributed by atoms with Crippen LogP contribution in [0.15, 0.2) is 6.07 Å². The van der Waals surface area contributed by atoms with Crippen LogP contribution >= 0.6 is 23.2 Å². The molecule has 1 rings (SSSR count). The summed E-state index contributed by atoms with van der Waals surface area (Å²) >= 11 is 11.4. The zero-order chi connectivity index (χ0) is 14.8. The number of ether oxygens (including phenoxy) is 2. The number of anilines is 1. The lowest BCUT2D eigenvalue weighted by molar-refractivity contribution is -0.153. The van der Waals surface area contributed by atoms with Crippen LogP contribution < -0.4 is 10.5 Å². The highest BCUT2D eigenvalue weighted by atomic mass is 35.5. The summed E-state index contributed by atoms with van der Waals surface area (Å²) in [4.78, 5) is 11.4. The number of esters is 1. The lowest BCUT2D eigenvalue weighted by atomic mass is 10.1. The van der Waals surface area contributed by atoms with Gasteiger partial charge in [0.15, 0.2) is 12.4 Å². The zero-order valence-corrected chi connectivity index (χ0v) is 11.0. The van der Waals surface area contributed by atoms with Gasteiger partial charge in [0.1, 0.15) is 10.6 Å². The van der Waals surface area contributed by atoms with Gasteiger partial charge in [-0.2, -0.15) is 13.2 Å². The zero-order valence-electron chi connectivity index (χ0n) is 9.48. The van der Waals surface area contributed by atoms with Gasteiger partial charge in [0, 0.05) is 5.69 Å². The maximum absolute atomic E-state index is 12.1. The second-order valence-corrected chi connectivity index (χ2v) is 4.15. The van der Waals surface area contributed by atoms with E-state index in [9.17, 15) is 18.0 Å². The molecule has 19 heavy (non-hydrogen) atoms. The summed E-state index contributed by atoms with van der Waals surface area (Å²) in [5, 5.41) is -0.666. The lowest BCUT2D eigenvalue weighted by Crippen LogP contribution is -2.20. The number of nitrogens with two attached hydrogens (primary N) is 1. The summed E-state index contributed by atoms with van der Waals surface area (Å²) in [6.07, 6.45) is -4.57. The first kappa shape index (κ1) is 15.7. The average molecular weight is 318 g/mol. The van der Waals surface area contributed by atoms with Crippen LogP contribution in [-0.4, -0.2) is 25.9 Å². The first-order valence-corrected chi connectivity index (χ1v) is 5.48. The van der Waals surface area contributed by atoms with Gasteiger partial charge in [0.2, 0.25) is 0 Å². The summed E-state index contributed by atoms with van der Waals surface area (Å²) in [6.45, 7) is -1.60. The molecule has 0 unspecified atom stereocenters. The standard InChI is InChI=1S/C10H8Cl2F3NO3/c1-18-9(17)6-5(16)2-4(11)8(7(6)12)19-3-10(13,14)15/h2H,3,16H2,1H3. The predicted molar refractivity (Wildman–Crippen MR) is 63.8 cm³/mol. The lowest BCUT2D eigenvalue weighted by Gasteiger charge is -2.15. The van der Waals surface area contributed by atoms with Crippen molar-refractivity contribution in [3.8, 4) is 5.75 Å². The molecule has 0 aliphatic carbocycles. The van der Waals surface area contributed by atoms with E-state index in [1.165, 1.54) is 0 Å².